The van der Waals surface area contributed by atoms with Crippen molar-refractivity contribution in [1.29, 1.82) is 0 Å². The molecule has 1 saturated carbocycles. The fraction of sp³-hybridized carbons (Fsp3) is 1.00. The lowest BCUT2D eigenvalue weighted by Gasteiger charge is -2.21. The first-order valence-corrected chi connectivity index (χ1v) is 20.9. The highest BCUT2D eigenvalue weighted by molar-refractivity contribution is 4.65. The van der Waals surface area contributed by atoms with Crippen molar-refractivity contribution in [2.75, 3.05) is 0 Å². The summed E-state index contributed by atoms with van der Waals surface area (Å²) in [5, 5.41) is 0. The maximum absolute atomic E-state index is 2.31. The molecule has 252 valence electrons. The molecule has 0 spiro atoms. The Morgan fingerprint density at radius 1 is 0.262 bits per heavy atom. The van der Waals surface area contributed by atoms with Crippen molar-refractivity contribution in [2.45, 2.75) is 264 Å². The van der Waals surface area contributed by atoms with Crippen LogP contribution in [0.4, 0.5) is 0 Å². The molecular formula is C42H84. The molecule has 0 atom stereocenters. The minimum absolute atomic E-state index is 1.10. The molecule has 0 N–H and O–H groups in total. The van der Waals surface area contributed by atoms with E-state index in [2.05, 4.69) is 6.92 Å². The average Bonchev–Trinajstić information content (AvgIpc) is 3.01. The highest BCUT2D eigenvalue weighted by atomic mass is 14.2. The normalized spacial score (nSPS) is 14.2. The van der Waals surface area contributed by atoms with E-state index in [4.69, 9.17) is 0 Å². The standard InChI is InChI=1S/C42H84/c1-2-3-4-5-6-7-8-9-10-11-12-13-14-15-16-17-18-19-20-21-22-23-24-25-26-27-28-29-30-31-32-33-34-36-39-42-40-37-35-38-41-42/h42H,2-41H2,1H3. The number of hydrogen-bond acceptors (Lipinski definition) is 0. The van der Waals surface area contributed by atoms with Gasteiger partial charge in [0.2, 0.25) is 0 Å². The van der Waals surface area contributed by atoms with Gasteiger partial charge in [-0.15, -0.1) is 0 Å². The second-order valence-corrected chi connectivity index (χ2v) is 15.0. The Balaban J connectivity index is 1.60. The lowest BCUT2D eigenvalue weighted by Crippen LogP contribution is -2.05. The third kappa shape index (κ3) is 31.4. The summed E-state index contributed by atoms with van der Waals surface area (Å²) in [7, 11) is 0. The van der Waals surface area contributed by atoms with Crippen LogP contribution in [0.15, 0.2) is 0 Å². The second-order valence-electron chi connectivity index (χ2n) is 15.0. The zero-order valence-electron chi connectivity index (χ0n) is 29.9. The van der Waals surface area contributed by atoms with Crippen LogP contribution >= 0.6 is 0 Å². The molecule has 0 heterocycles. The highest BCUT2D eigenvalue weighted by Gasteiger charge is 2.12. The fourth-order valence-corrected chi connectivity index (χ4v) is 7.64. The molecule has 0 aliphatic heterocycles. The van der Waals surface area contributed by atoms with Crippen molar-refractivity contribution >= 4 is 0 Å². The summed E-state index contributed by atoms with van der Waals surface area (Å²) in [4.78, 5) is 0. The van der Waals surface area contributed by atoms with E-state index in [1.807, 2.05) is 0 Å². The van der Waals surface area contributed by atoms with Crippen LogP contribution in [-0.4, -0.2) is 0 Å². The Kier molecular flexibility index (Phi) is 33.8. The molecule has 0 aromatic heterocycles. The van der Waals surface area contributed by atoms with Crippen LogP contribution in [0.25, 0.3) is 0 Å². The molecule has 1 fully saturated rings. The van der Waals surface area contributed by atoms with E-state index in [0.717, 1.165) is 5.92 Å². The largest absolute Gasteiger partial charge is 0.0654 e. The molecule has 1 rings (SSSR count). The minimum Gasteiger partial charge on any atom is -0.0654 e. The van der Waals surface area contributed by atoms with Crippen molar-refractivity contribution < 1.29 is 0 Å². The fourth-order valence-electron chi connectivity index (χ4n) is 7.64. The third-order valence-corrected chi connectivity index (χ3v) is 10.7. The van der Waals surface area contributed by atoms with Crippen LogP contribution in [0.5, 0.6) is 0 Å². The smallest absolute Gasteiger partial charge is 0.0414 e. The van der Waals surface area contributed by atoms with Crippen LogP contribution in [0, 0.1) is 5.92 Å². The van der Waals surface area contributed by atoms with Gasteiger partial charge < -0.3 is 0 Å². The Bertz CT molecular complexity index is 461. The number of unbranched alkanes of at least 4 members (excludes halogenated alkanes) is 33. The second kappa shape index (κ2) is 35.5. The van der Waals surface area contributed by atoms with Gasteiger partial charge in [0.1, 0.15) is 0 Å². The lowest BCUT2D eigenvalue weighted by atomic mass is 9.85. The first-order chi connectivity index (χ1) is 20.9. The Morgan fingerprint density at radius 2 is 0.476 bits per heavy atom. The van der Waals surface area contributed by atoms with Crippen molar-refractivity contribution in [3.8, 4) is 0 Å². The maximum atomic E-state index is 2.31. The molecular weight excluding hydrogens is 504 g/mol. The molecule has 1 aliphatic carbocycles. The summed E-state index contributed by atoms with van der Waals surface area (Å²) in [5.74, 6) is 1.10. The van der Waals surface area contributed by atoms with Gasteiger partial charge in [-0.3, -0.25) is 0 Å². The summed E-state index contributed by atoms with van der Waals surface area (Å²) in [6.45, 7) is 2.31. The number of rotatable bonds is 35. The predicted octanol–water partition coefficient (Wildman–Crippen LogP) is 16.2. The Morgan fingerprint density at radius 3 is 0.714 bits per heavy atom. The van der Waals surface area contributed by atoms with Gasteiger partial charge >= 0.3 is 0 Å². The van der Waals surface area contributed by atoms with Gasteiger partial charge in [-0.1, -0.05) is 264 Å². The maximum Gasteiger partial charge on any atom is -0.0414 e. The van der Waals surface area contributed by atoms with Crippen molar-refractivity contribution in [1.82, 2.24) is 0 Å². The van der Waals surface area contributed by atoms with E-state index in [0.29, 0.717) is 0 Å². The van der Waals surface area contributed by atoms with Gasteiger partial charge in [-0.2, -0.15) is 0 Å². The molecule has 0 aromatic carbocycles. The van der Waals surface area contributed by atoms with Crippen LogP contribution in [-0.2, 0) is 0 Å². The van der Waals surface area contributed by atoms with Gasteiger partial charge in [0, 0.05) is 0 Å². The summed E-state index contributed by atoms with van der Waals surface area (Å²) in [5.41, 5.74) is 0. The zero-order valence-corrected chi connectivity index (χ0v) is 29.9. The SMILES string of the molecule is CCCCCCCCCCCCCCCCCCCCCCCCCCCCCCCCCCCCC1CCCCC1. The predicted molar refractivity (Wildman–Crippen MR) is 194 cm³/mol. The van der Waals surface area contributed by atoms with Crippen LogP contribution in [0.2, 0.25) is 0 Å². The average molecular weight is 589 g/mol. The van der Waals surface area contributed by atoms with Crippen LogP contribution < -0.4 is 0 Å². The van der Waals surface area contributed by atoms with E-state index in [1.54, 1.807) is 19.3 Å². The van der Waals surface area contributed by atoms with Crippen LogP contribution in [0.3, 0.4) is 0 Å². The van der Waals surface area contributed by atoms with Gasteiger partial charge in [0.05, 0.1) is 0 Å². The molecule has 0 saturated heterocycles. The van der Waals surface area contributed by atoms with E-state index in [9.17, 15) is 0 Å². The molecule has 0 amide bonds. The minimum atomic E-state index is 1.10. The molecule has 0 aromatic rings. The van der Waals surface area contributed by atoms with Gasteiger partial charge in [0.15, 0.2) is 0 Å². The molecule has 0 nitrogen and oxygen atoms in total. The first-order valence-electron chi connectivity index (χ1n) is 20.9. The van der Waals surface area contributed by atoms with Crippen LogP contribution in [0.1, 0.15) is 264 Å². The highest BCUT2D eigenvalue weighted by Crippen LogP contribution is 2.28. The molecule has 1 aliphatic rings. The van der Waals surface area contributed by atoms with Gasteiger partial charge in [-0.05, 0) is 5.92 Å². The molecule has 0 heteroatoms. The third-order valence-electron chi connectivity index (χ3n) is 10.7. The topological polar surface area (TPSA) is 0 Å². The number of hydrogen-bond donors (Lipinski definition) is 0. The first kappa shape index (κ1) is 40.0. The monoisotopic (exact) mass is 589 g/mol. The van der Waals surface area contributed by atoms with Crippen molar-refractivity contribution in [2.24, 2.45) is 5.92 Å². The molecule has 42 heavy (non-hydrogen) atoms. The van der Waals surface area contributed by atoms with E-state index in [-0.39, 0.29) is 0 Å². The van der Waals surface area contributed by atoms with Gasteiger partial charge in [0.25, 0.3) is 0 Å². The van der Waals surface area contributed by atoms with Crippen molar-refractivity contribution in [3.63, 3.8) is 0 Å². The van der Waals surface area contributed by atoms with E-state index >= 15 is 0 Å². The van der Waals surface area contributed by atoms with Crippen molar-refractivity contribution in [3.05, 3.63) is 0 Å². The lowest BCUT2D eigenvalue weighted by molar-refractivity contribution is 0.328. The van der Waals surface area contributed by atoms with E-state index in [1.165, 1.54) is 238 Å². The molecule has 0 unspecified atom stereocenters. The summed E-state index contributed by atoms with van der Waals surface area (Å²) in [6.07, 6.45) is 59.9. The van der Waals surface area contributed by atoms with Gasteiger partial charge in [-0.25, -0.2) is 0 Å². The van der Waals surface area contributed by atoms with E-state index < -0.39 is 0 Å². The zero-order chi connectivity index (χ0) is 29.9. The Hall–Kier alpha value is 0. The molecule has 0 bridgehead atoms. The Labute approximate surface area is 269 Å². The summed E-state index contributed by atoms with van der Waals surface area (Å²) < 4.78 is 0. The summed E-state index contributed by atoms with van der Waals surface area (Å²) in [6, 6.07) is 0. The summed E-state index contributed by atoms with van der Waals surface area (Å²) >= 11 is 0. The molecule has 0 radical (unpaired) electrons. The quantitative estimate of drug-likeness (QED) is 0.0646.